The van der Waals surface area contributed by atoms with Crippen LogP contribution in [0.15, 0.2) is 18.2 Å². The van der Waals surface area contributed by atoms with Crippen LogP contribution in [-0.4, -0.2) is 16.0 Å². The van der Waals surface area contributed by atoms with Gasteiger partial charge in [0.1, 0.15) is 11.6 Å². The third kappa shape index (κ3) is 2.89. The van der Waals surface area contributed by atoms with Crippen molar-refractivity contribution in [1.82, 2.24) is 4.98 Å². The Labute approximate surface area is 124 Å². The van der Waals surface area contributed by atoms with Gasteiger partial charge in [0.25, 0.3) is 5.91 Å². The average Bonchev–Trinajstić information content (AvgIpc) is 2.42. The molecule has 0 atom stereocenters. The van der Waals surface area contributed by atoms with E-state index < -0.39 is 0 Å². The SMILES string of the molecule is Cc1ccc(C(=O)Nc2nc(C)c(O)c(C)c2C)c(C)c1. The summed E-state index contributed by atoms with van der Waals surface area (Å²) in [7, 11) is 0. The average molecular weight is 284 g/mol. The number of aromatic hydroxyl groups is 1. The number of nitrogens with one attached hydrogen (secondary N) is 1. The first-order valence-corrected chi connectivity index (χ1v) is 6.86. The summed E-state index contributed by atoms with van der Waals surface area (Å²) < 4.78 is 0. The maximum atomic E-state index is 12.4. The normalized spacial score (nSPS) is 10.5. The summed E-state index contributed by atoms with van der Waals surface area (Å²) in [5.41, 5.74) is 4.70. The van der Waals surface area contributed by atoms with Gasteiger partial charge in [-0.25, -0.2) is 4.98 Å². The molecule has 21 heavy (non-hydrogen) atoms. The van der Waals surface area contributed by atoms with Gasteiger partial charge in [-0.3, -0.25) is 4.79 Å². The molecule has 1 aromatic heterocycles. The van der Waals surface area contributed by atoms with Gasteiger partial charge < -0.3 is 10.4 Å². The predicted octanol–water partition coefficient (Wildman–Crippen LogP) is 3.58. The number of hydrogen-bond donors (Lipinski definition) is 2. The Morgan fingerprint density at radius 2 is 1.76 bits per heavy atom. The lowest BCUT2D eigenvalue weighted by Gasteiger charge is -2.13. The predicted molar refractivity (Wildman–Crippen MR) is 84.0 cm³/mol. The minimum atomic E-state index is -0.187. The summed E-state index contributed by atoms with van der Waals surface area (Å²) in [6.07, 6.45) is 0. The van der Waals surface area contributed by atoms with E-state index in [1.165, 1.54) is 0 Å². The van der Waals surface area contributed by atoms with Crippen molar-refractivity contribution in [1.29, 1.82) is 0 Å². The van der Waals surface area contributed by atoms with Crippen molar-refractivity contribution >= 4 is 11.7 Å². The summed E-state index contributed by atoms with van der Waals surface area (Å²) in [5, 5.41) is 12.7. The number of hydrogen-bond acceptors (Lipinski definition) is 3. The first-order chi connectivity index (χ1) is 9.81. The summed E-state index contributed by atoms with van der Waals surface area (Å²) in [4.78, 5) is 16.7. The molecule has 4 nitrogen and oxygen atoms in total. The Balaban J connectivity index is 2.36. The highest BCUT2D eigenvalue weighted by Crippen LogP contribution is 2.27. The van der Waals surface area contributed by atoms with Crippen molar-refractivity contribution in [2.75, 3.05) is 5.32 Å². The summed E-state index contributed by atoms with van der Waals surface area (Å²) in [6, 6.07) is 5.70. The maximum absolute atomic E-state index is 12.4. The molecule has 0 saturated heterocycles. The van der Waals surface area contributed by atoms with Gasteiger partial charge in [0.05, 0.1) is 5.69 Å². The highest BCUT2D eigenvalue weighted by atomic mass is 16.3. The van der Waals surface area contributed by atoms with Gasteiger partial charge in [0.15, 0.2) is 0 Å². The van der Waals surface area contributed by atoms with Crippen LogP contribution in [0.25, 0.3) is 0 Å². The highest BCUT2D eigenvalue weighted by Gasteiger charge is 2.15. The molecule has 0 fully saturated rings. The van der Waals surface area contributed by atoms with E-state index in [-0.39, 0.29) is 11.7 Å². The zero-order chi connectivity index (χ0) is 15.7. The lowest BCUT2D eigenvalue weighted by atomic mass is 10.0. The molecule has 0 bridgehead atoms. The summed E-state index contributed by atoms with van der Waals surface area (Å²) >= 11 is 0. The second kappa shape index (κ2) is 5.56. The molecular weight excluding hydrogens is 264 g/mol. The summed E-state index contributed by atoms with van der Waals surface area (Å²) in [5.74, 6) is 0.484. The van der Waals surface area contributed by atoms with Crippen LogP contribution >= 0.6 is 0 Å². The molecule has 2 rings (SSSR count). The largest absolute Gasteiger partial charge is 0.506 e. The van der Waals surface area contributed by atoms with Gasteiger partial charge in [-0.05, 0) is 57.4 Å². The van der Waals surface area contributed by atoms with Crippen LogP contribution in [0.2, 0.25) is 0 Å². The molecule has 110 valence electrons. The smallest absolute Gasteiger partial charge is 0.257 e. The molecule has 0 saturated carbocycles. The fraction of sp³-hybridized carbons (Fsp3) is 0.294. The van der Waals surface area contributed by atoms with Gasteiger partial charge >= 0.3 is 0 Å². The second-order valence-electron chi connectivity index (χ2n) is 5.42. The number of aromatic nitrogens is 1. The number of nitrogens with zero attached hydrogens (tertiary/aromatic N) is 1. The number of pyridine rings is 1. The number of carbonyl (C=O) groups excluding carboxylic acids is 1. The molecule has 2 N–H and O–H groups in total. The van der Waals surface area contributed by atoms with Gasteiger partial charge in [-0.1, -0.05) is 17.7 Å². The van der Waals surface area contributed by atoms with Crippen molar-refractivity contribution in [2.24, 2.45) is 0 Å². The zero-order valence-corrected chi connectivity index (χ0v) is 13.0. The van der Waals surface area contributed by atoms with E-state index in [1.807, 2.05) is 45.9 Å². The van der Waals surface area contributed by atoms with E-state index >= 15 is 0 Å². The van der Waals surface area contributed by atoms with Crippen LogP contribution in [0.1, 0.15) is 38.3 Å². The molecule has 0 aliphatic carbocycles. The monoisotopic (exact) mass is 284 g/mol. The van der Waals surface area contributed by atoms with E-state index in [0.29, 0.717) is 17.1 Å². The zero-order valence-electron chi connectivity index (χ0n) is 13.0. The van der Waals surface area contributed by atoms with E-state index in [2.05, 4.69) is 10.3 Å². The highest BCUT2D eigenvalue weighted by molar-refractivity contribution is 6.05. The van der Waals surface area contributed by atoms with Gasteiger partial charge in [0, 0.05) is 5.56 Å². The molecular formula is C17H20N2O2. The number of benzene rings is 1. The van der Waals surface area contributed by atoms with Crippen molar-refractivity contribution in [3.05, 3.63) is 51.7 Å². The number of amides is 1. The Morgan fingerprint density at radius 1 is 1.10 bits per heavy atom. The third-order valence-electron chi connectivity index (χ3n) is 3.75. The van der Waals surface area contributed by atoms with Crippen LogP contribution in [0.4, 0.5) is 5.82 Å². The van der Waals surface area contributed by atoms with Crippen LogP contribution in [0.5, 0.6) is 5.75 Å². The quantitative estimate of drug-likeness (QED) is 0.886. The summed E-state index contributed by atoms with van der Waals surface area (Å²) in [6.45, 7) is 9.27. The van der Waals surface area contributed by atoms with Crippen LogP contribution < -0.4 is 5.32 Å². The van der Waals surface area contributed by atoms with Crippen LogP contribution in [-0.2, 0) is 0 Å². The fourth-order valence-electron chi connectivity index (χ4n) is 2.30. The maximum Gasteiger partial charge on any atom is 0.257 e. The standard InChI is InChI=1S/C17H20N2O2/c1-9-6-7-14(10(2)8-9)17(21)19-16-12(4)11(3)15(20)13(5)18-16/h6-8,20H,1-5H3,(H,18,19,21). The Kier molecular flexibility index (Phi) is 3.98. The van der Waals surface area contributed by atoms with E-state index in [9.17, 15) is 9.90 Å². The molecule has 2 aromatic rings. The minimum Gasteiger partial charge on any atom is -0.506 e. The molecule has 1 heterocycles. The molecule has 0 aliphatic rings. The van der Waals surface area contributed by atoms with Gasteiger partial charge in [-0.15, -0.1) is 0 Å². The Morgan fingerprint density at radius 3 is 2.38 bits per heavy atom. The molecule has 0 radical (unpaired) electrons. The van der Waals surface area contributed by atoms with Crippen LogP contribution in [0, 0.1) is 34.6 Å². The minimum absolute atomic E-state index is 0.178. The first kappa shape index (κ1) is 15.0. The van der Waals surface area contributed by atoms with E-state index in [4.69, 9.17) is 0 Å². The molecule has 1 aromatic carbocycles. The second-order valence-corrected chi connectivity index (χ2v) is 5.42. The fourth-order valence-corrected chi connectivity index (χ4v) is 2.30. The molecule has 4 heteroatoms. The molecule has 0 aliphatic heterocycles. The van der Waals surface area contributed by atoms with Crippen molar-refractivity contribution < 1.29 is 9.90 Å². The van der Waals surface area contributed by atoms with Crippen LogP contribution in [0.3, 0.4) is 0 Å². The molecule has 0 spiro atoms. The Hall–Kier alpha value is -2.36. The number of carbonyl (C=O) groups is 1. The topological polar surface area (TPSA) is 62.2 Å². The molecule has 1 amide bonds. The lowest BCUT2D eigenvalue weighted by molar-refractivity contribution is 0.102. The number of aryl methyl sites for hydroxylation is 3. The van der Waals surface area contributed by atoms with Crippen molar-refractivity contribution in [2.45, 2.75) is 34.6 Å². The van der Waals surface area contributed by atoms with E-state index in [0.717, 1.165) is 22.3 Å². The first-order valence-electron chi connectivity index (χ1n) is 6.86. The van der Waals surface area contributed by atoms with Crippen molar-refractivity contribution in [3.8, 4) is 5.75 Å². The van der Waals surface area contributed by atoms with Gasteiger partial charge in [0.2, 0.25) is 0 Å². The number of rotatable bonds is 2. The Bertz CT molecular complexity index is 721. The van der Waals surface area contributed by atoms with Gasteiger partial charge in [-0.2, -0.15) is 0 Å². The number of anilines is 1. The van der Waals surface area contributed by atoms with Crippen molar-refractivity contribution in [3.63, 3.8) is 0 Å². The van der Waals surface area contributed by atoms with E-state index in [1.54, 1.807) is 6.92 Å². The third-order valence-corrected chi connectivity index (χ3v) is 3.75. The molecule has 0 unspecified atom stereocenters. The lowest BCUT2D eigenvalue weighted by Crippen LogP contribution is -2.16.